The van der Waals surface area contributed by atoms with Crippen molar-refractivity contribution in [3.63, 3.8) is 0 Å². The van der Waals surface area contributed by atoms with Crippen LogP contribution in [0.2, 0.25) is 0 Å². The highest BCUT2D eigenvalue weighted by atomic mass is 127. The summed E-state index contributed by atoms with van der Waals surface area (Å²) in [5.41, 5.74) is 9.14. The number of hydrogen-bond acceptors (Lipinski definition) is 1. The zero-order valence-electron chi connectivity index (χ0n) is 17.0. The van der Waals surface area contributed by atoms with E-state index in [1.807, 2.05) is 6.07 Å². The van der Waals surface area contributed by atoms with Gasteiger partial charge in [0.1, 0.15) is 5.69 Å². The standard InChI is InChI=1S/C27H20N3.HI/c1-19-26-27(30(28-19)22-13-6-3-7-14-22)23(18-20-10-4-2-5-11-20)25-17-16-21-12-8-9-15-24(21)29(25)26;/h2-18H,1H3;1H/q+1;/p-1. The number of aromatic nitrogens is 3. The maximum Gasteiger partial charge on any atom is 0.261 e. The lowest BCUT2D eigenvalue weighted by Gasteiger charge is -2.06. The molecule has 4 heteroatoms. The van der Waals surface area contributed by atoms with Crippen LogP contribution in [0.1, 0.15) is 22.6 Å². The molecule has 0 radical (unpaired) electrons. The average molecular weight is 513 g/mol. The number of hydrogen-bond donors (Lipinski definition) is 0. The summed E-state index contributed by atoms with van der Waals surface area (Å²) in [4.78, 5) is 0. The first-order valence-corrected chi connectivity index (χ1v) is 10.2. The minimum Gasteiger partial charge on any atom is -1.00 e. The number of rotatable bonds is 2. The van der Waals surface area contributed by atoms with Crippen LogP contribution in [0, 0.1) is 6.92 Å². The van der Waals surface area contributed by atoms with E-state index in [4.69, 9.17) is 5.10 Å². The van der Waals surface area contributed by atoms with Crippen LogP contribution in [-0.2, 0) is 0 Å². The van der Waals surface area contributed by atoms with Crippen LogP contribution in [-0.4, -0.2) is 9.78 Å². The molecular weight excluding hydrogens is 493 g/mol. The summed E-state index contributed by atoms with van der Waals surface area (Å²) in [7, 11) is 0. The summed E-state index contributed by atoms with van der Waals surface area (Å²) >= 11 is 0. The van der Waals surface area contributed by atoms with Gasteiger partial charge >= 0.3 is 0 Å². The molecule has 1 aliphatic rings. The van der Waals surface area contributed by atoms with Crippen molar-refractivity contribution >= 4 is 22.6 Å². The number of benzene rings is 3. The lowest BCUT2D eigenvalue weighted by Crippen LogP contribution is -3.00. The minimum atomic E-state index is 0. The van der Waals surface area contributed by atoms with Gasteiger partial charge in [0.2, 0.25) is 11.2 Å². The van der Waals surface area contributed by atoms with Crippen LogP contribution < -0.4 is 28.5 Å². The lowest BCUT2D eigenvalue weighted by molar-refractivity contribution is -0.566. The van der Waals surface area contributed by atoms with E-state index in [1.54, 1.807) is 0 Å². The molecule has 31 heavy (non-hydrogen) atoms. The molecule has 0 aliphatic carbocycles. The van der Waals surface area contributed by atoms with Gasteiger partial charge in [0, 0.05) is 17.5 Å². The van der Waals surface area contributed by atoms with Crippen molar-refractivity contribution in [3.8, 4) is 11.4 Å². The number of aryl methyl sites for hydroxylation is 1. The third kappa shape index (κ3) is 3.10. The first kappa shape index (κ1) is 19.7. The van der Waals surface area contributed by atoms with E-state index in [-0.39, 0.29) is 24.0 Å². The molecule has 1 aliphatic heterocycles. The Labute approximate surface area is 198 Å². The predicted octanol–water partition coefficient (Wildman–Crippen LogP) is 2.52. The Morgan fingerprint density at radius 2 is 1.45 bits per heavy atom. The number of para-hydroxylation sites is 2. The van der Waals surface area contributed by atoms with Crippen molar-refractivity contribution in [3.05, 3.63) is 120 Å². The van der Waals surface area contributed by atoms with Crippen LogP contribution >= 0.6 is 0 Å². The SMILES string of the molecule is Cc1nn(-c2ccccc2)c2c1-[n+]1c(ccc3ccccc31)C2=Cc1ccccc1.[I-]. The third-order valence-corrected chi connectivity index (χ3v) is 5.73. The molecule has 3 nitrogen and oxygen atoms in total. The van der Waals surface area contributed by atoms with Gasteiger partial charge in [-0.3, -0.25) is 0 Å². The molecule has 0 amide bonds. The van der Waals surface area contributed by atoms with Crippen LogP contribution in [0.3, 0.4) is 0 Å². The Morgan fingerprint density at radius 1 is 0.774 bits per heavy atom. The summed E-state index contributed by atoms with van der Waals surface area (Å²) in [6.07, 6.45) is 2.27. The third-order valence-electron chi connectivity index (χ3n) is 5.73. The molecule has 150 valence electrons. The summed E-state index contributed by atoms with van der Waals surface area (Å²) in [6, 6.07) is 33.9. The van der Waals surface area contributed by atoms with E-state index in [1.165, 1.54) is 27.7 Å². The molecule has 0 fully saturated rings. The Kier molecular flexibility index (Phi) is 4.94. The van der Waals surface area contributed by atoms with Crippen molar-refractivity contribution in [2.75, 3.05) is 0 Å². The molecule has 2 aromatic heterocycles. The maximum absolute atomic E-state index is 4.96. The van der Waals surface area contributed by atoms with Gasteiger partial charge in [0.15, 0.2) is 5.69 Å². The van der Waals surface area contributed by atoms with Gasteiger partial charge in [-0.15, -0.1) is 4.57 Å². The van der Waals surface area contributed by atoms with Crippen molar-refractivity contribution < 1.29 is 28.5 Å². The Bertz CT molecular complexity index is 1430. The zero-order valence-corrected chi connectivity index (χ0v) is 19.2. The van der Waals surface area contributed by atoms with Crippen molar-refractivity contribution in [1.29, 1.82) is 0 Å². The molecule has 3 heterocycles. The van der Waals surface area contributed by atoms with Gasteiger partial charge in [-0.25, -0.2) is 4.68 Å². The van der Waals surface area contributed by atoms with E-state index in [2.05, 4.69) is 113 Å². The van der Waals surface area contributed by atoms with Crippen molar-refractivity contribution in [2.24, 2.45) is 0 Å². The molecule has 0 saturated heterocycles. The van der Waals surface area contributed by atoms with E-state index in [9.17, 15) is 0 Å². The minimum absolute atomic E-state index is 0. The van der Waals surface area contributed by atoms with E-state index in [0.29, 0.717) is 0 Å². The van der Waals surface area contributed by atoms with Crippen molar-refractivity contribution in [1.82, 2.24) is 9.78 Å². The second-order valence-corrected chi connectivity index (χ2v) is 7.61. The molecule has 3 aromatic carbocycles. The molecule has 0 bridgehead atoms. The van der Waals surface area contributed by atoms with Gasteiger partial charge in [0.05, 0.1) is 11.3 Å². The first-order chi connectivity index (χ1) is 14.8. The fourth-order valence-electron chi connectivity index (χ4n) is 4.42. The van der Waals surface area contributed by atoms with Gasteiger partial charge in [0.25, 0.3) is 5.69 Å². The number of halogens is 1. The highest BCUT2D eigenvalue weighted by molar-refractivity contribution is 5.95. The van der Waals surface area contributed by atoms with Crippen LogP contribution in [0.25, 0.3) is 33.9 Å². The van der Waals surface area contributed by atoms with Crippen molar-refractivity contribution in [2.45, 2.75) is 6.92 Å². The Hall–Kier alpha value is -3.25. The molecule has 0 N–H and O–H groups in total. The molecule has 0 saturated carbocycles. The quantitative estimate of drug-likeness (QED) is 0.258. The number of fused-ring (bicyclic) bond motifs is 5. The largest absolute Gasteiger partial charge is 1.00 e. The molecule has 0 atom stereocenters. The first-order valence-electron chi connectivity index (χ1n) is 10.2. The Balaban J connectivity index is 0.00000204. The predicted molar refractivity (Wildman–Crippen MR) is 121 cm³/mol. The Morgan fingerprint density at radius 3 is 2.23 bits per heavy atom. The molecule has 0 spiro atoms. The lowest BCUT2D eigenvalue weighted by atomic mass is 10.1. The van der Waals surface area contributed by atoms with Crippen LogP contribution in [0.4, 0.5) is 0 Å². The molecule has 0 unspecified atom stereocenters. The van der Waals surface area contributed by atoms with E-state index < -0.39 is 0 Å². The van der Waals surface area contributed by atoms with E-state index in [0.717, 1.165) is 22.8 Å². The number of nitrogens with zero attached hydrogens (tertiary/aromatic N) is 3. The molecule has 5 aromatic rings. The summed E-state index contributed by atoms with van der Waals surface area (Å²) in [6.45, 7) is 2.10. The van der Waals surface area contributed by atoms with Gasteiger partial charge in [-0.1, -0.05) is 60.7 Å². The fraction of sp³-hybridized carbons (Fsp3) is 0.0370. The van der Waals surface area contributed by atoms with Gasteiger partial charge in [-0.05, 0) is 42.8 Å². The highest BCUT2D eigenvalue weighted by Crippen LogP contribution is 2.37. The van der Waals surface area contributed by atoms with Crippen LogP contribution in [0.5, 0.6) is 0 Å². The van der Waals surface area contributed by atoms with Gasteiger partial charge in [-0.2, -0.15) is 5.10 Å². The average Bonchev–Trinajstić information content (AvgIpc) is 3.31. The maximum atomic E-state index is 4.96. The van der Waals surface area contributed by atoms with Gasteiger partial charge < -0.3 is 24.0 Å². The fourth-order valence-corrected chi connectivity index (χ4v) is 4.42. The zero-order chi connectivity index (χ0) is 20.1. The summed E-state index contributed by atoms with van der Waals surface area (Å²) in [5.74, 6) is 0. The smallest absolute Gasteiger partial charge is 0.261 e. The molecular formula is C27H20IN3. The topological polar surface area (TPSA) is 21.7 Å². The summed E-state index contributed by atoms with van der Waals surface area (Å²) in [5, 5.41) is 6.18. The highest BCUT2D eigenvalue weighted by Gasteiger charge is 2.40. The second-order valence-electron chi connectivity index (χ2n) is 7.61. The normalized spacial score (nSPS) is 13.1. The second kappa shape index (κ2) is 7.78. The number of pyridine rings is 1. The summed E-state index contributed by atoms with van der Waals surface area (Å²) < 4.78 is 4.45. The monoisotopic (exact) mass is 513 g/mol. The van der Waals surface area contributed by atoms with Crippen LogP contribution in [0.15, 0.2) is 97.1 Å². The van der Waals surface area contributed by atoms with E-state index >= 15 is 0 Å². The molecule has 6 rings (SSSR count).